The van der Waals surface area contributed by atoms with Gasteiger partial charge in [0.2, 0.25) is 5.91 Å². The zero-order chi connectivity index (χ0) is 11.4. The second-order valence-electron chi connectivity index (χ2n) is 4.16. The summed E-state index contributed by atoms with van der Waals surface area (Å²) >= 11 is 0. The van der Waals surface area contributed by atoms with Crippen LogP contribution < -0.4 is 5.32 Å². The maximum atomic E-state index is 11.8. The van der Waals surface area contributed by atoms with Gasteiger partial charge in [0.25, 0.3) is 0 Å². The Morgan fingerprint density at radius 2 is 2.12 bits per heavy atom. The summed E-state index contributed by atoms with van der Waals surface area (Å²) in [7, 11) is 0. The second-order valence-corrected chi connectivity index (χ2v) is 4.16. The van der Waals surface area contributed by atoms with Gasteiger partial charge in [-0.2, -0.15) is 5.26 Å². The molecule has 1 atom stereocenters. The van der Waals surface area contributed by atoms with Crippen molar-refractivity contribution in [2.24, 2.45) is 5.92 Å². The zero-order valence-corrected chi connectivity index (χ0v) is 9.02. The number of rotatable bonds is 4. The van der Waals surface area contributed by atoms with Crippen LogP contribution in [0.4, 0.5) is 0 Å². The fraction of sp³-hybridized carbons (Fsp3) is 0.385. The summed E-state index contributed by atoms with van der Waals surface area (Å²) in [6.07, 6.45) is 2.39. The van der Waals surface area contributed by atoms with E-state index in [1.807, 2.05) is 30.3 Å². The van der Waals surface area contributed by atoms with Crippen LogP contribution in [0.5, 0.6) is 0 Å². The Morgan fingerprint density at radius 1 is 1.44 bits per heavy atom. The Kier molecular flexibility index (Phi) is 3.21. The van der Waals surface area contributed by atoms with Crippen molar-refractivity contribution in [1.29, 1.82) is 5.26 Å². The minimum absolute atomic E-state index is 0.180. The first-order valence-electron chi connectivity index (χ1n) is 5.53. The van der Waals surface area contributed by atoms with E-state index in [9.17, 15) is 4.79 Å². The van der Waals surface area contributed by atoms with Crippen LogP contribution in [0.3, 0.4) is 0 Å². The van der Waals surface area contributed by atoms with E-state index in [-0.39, 0.29) is 5.91 Å². The van der Waals surface area contributed by atoms with Gasteiger partial charge in [0.15, 0.2) is 0 Å². The van der Waals surface area contributed by atoms with Crippen LogP contribution in [0.2, 0.25) is 0 Å². The predicted molar refractivity (Wildman–Crippen MR) is 60.5 cm³/mol. The van der Waals surface area contributed by atoms with Gasteiger partial charge in [-0.15, -0.1) is 0 Å². The highest BCUT2D eigenvalue weighted by Crippen LogP contribution is 2.27. The van der Waals surface area contributed by atoms with Gasteiger partial charge in [0, 0.05) is 6.54 Å². The molecule has 1 unspecified atom stereocenters. The first-order valence-corrected chi connectivity index (χ1v) is 5.53. The number of nitrogens with one attached hydrogen (secondary N) is 1. The molecular weight excluding hydrogens is 200 g/mol. The smallest absolute Gasteiger partial charge is 0.241 e. The van der Waals surface area contributed by atoms with Crippen LogP contribution in [0.15, 0.2) is 30.3 Å². The molecule has 82 valence electrons. The van der Waals surface area contributed by atoms with E-state index in [2.05, 4.69) is 11.4 Å². The van der Waals surface area contributed by atoms with Crippen LogP contribution in [0, 0.1) is 17.2 Å². The lowest BCUT2D eigenvalue weighted by Gasteiger charge is -2.09. The van der Waals surface area contributed by atoms with Crippen molar-refractivity contribution in [2.45, 2.75) is 18.8 Å². The van der Waals surface area contributed by atoms with Crippen LogP contribution in [0.1, 0.15) is 24.3 Å². The summed E-state index contributed by atoms with van der Waals surface area (Å²) in [5, 5.41) is 11.9. The molecule has 0 bridgehead atoms. The van der Waals surface area contributed by atoms with Gasteiger partial charge in [-0.05, 0) is 24.3 Å². The van der Waals surface area contributed by atoms with E-state index in [1.54, 1.807) is 0 Å². The van der Waals surface area contributed by atoms with E-state index < -0.39 is 5.92 Å². The molecule has 1 aliphatic rings. The number of amides is 1. The lowest BCUT2D eigenvalue weighted by Crippen LogP contribution is -2.30. The molecule has 1 N–H and O–H groups in total. The predicted octanol–water partition coefficient (Wildman–Crippen LogP) is 1.82. The van der Waals surface area contributed by atoms with Crippen molar-refractivity contribution in [3.8, 4) is 6.07 Å². The minimum atomic E-state index is -0.681. The van der Waals surface area contributed by atoms with Crippen molar-refractivity contribution in [3.05, 3.63) is 35.9 Å². The minimum Gasteiger partial charge on any atom is -0.354 e. The van der Waals surface area contributed by atoms with Gasteiger partial charge in [-0.3, -0.25) is 4.79 Å². The van der Waals surface area contributed by atoms with Crippen molar-refractivity contribution < 1.29 is 4.79 Å². The van der Waals surface area contributed by atoms with E-state index in [0.717, 1.165) is 5.56 Å². The van der Waals surface area contributed by atoms with Gasteiger partial charge < -0.3 is 5.32 Å². The molecule has 0 saturated heterocycles. The van der Waals surface area contributed by atoms with Gasteiger partial charge in [-0.1, -0.05) is 30.3 Å². The van der Waals surface area contributed by atoms with Crippen LogP contribution >= 0.6 is 0 Å². The van der Waals surface area contributed by atoms with Crippen molar-refractivity contribution >= 4 is 5.91 Å². The summed E-state index contributed by atoms with van der Waals surface area (Å²) in [5.41, 5.74) is 0.762. The average molecular weight is 214 g/mol. The molecule has 1 aliphatic carbocycles. The zero-order valence-electron chi connectivity index (χ0n) is 9.02. The number of carbonyl (C=O) groups is 1. The van der Waals surface area contributed by atoms with Gasteiger partial charge in [0.05, 0.1) is 6.07 Å². The first-order chi connectivity index (χ1) is 7.81. The van der Waals surface area contributed by atoms with Crippen LogP contribution in [0.25, 0.3) is 0 Å². The molecule has 16 heavy (non-hydrogen) atoms. The number of carbonyl (C=O) groups excluding carboxylic acids is 1. The summed E-state index contributed by atoms with van der Waals surface area (Å²) in [5.74, 6) is -0.223. The number of hydrogen-bond acceptors (Lipinski definition) is 2. The number of benzene rings is 1. The largest absolute Gasteiger partial charge is 0.354 e. The van der Waals surface area contributed by atoms with E-state index in [0.29, 0.717) is 12.5 Å². The highest BCUT2D eigenvalue weighted by Gasteiger charge is 2.25. The topological polar surface area (TPSA) is 52.9 Å². The quantitative estimate of drug-likeness (QED) is 0.831. The maximum Gasteiger partial charge on any atom is 0.241 e. The number of hydrogen-bond donors (Lipinski definition) is 1. The monoisotopic (exact) mass is 214 g/mol. The van der Waals surface area contributed by atoms with Crippen LogP contribution in [-0.2, 0) is 4.79 Å². The summed E-state index contributed by atoms with van der Waals surface area (Å²) in [4.78, 5) is 11.8. The summed E-state index contributed by atoms with van der Waals surface area (Å²) in [6.45, 7) is 0.712. The summed E-state index contributed by atoms with van der Waals surface area (Å²) in [6, 6.07) is 11.2. The molecule has 1 aromatic carbocycles. The molecule has 3 heteroatoms. The van der Waals surface area contributed by atoms with Crippen molar-refractivity contribution in [2.75, 3.05) is 6.54 Å². The van der Waals surface area contributed by atoms with Crippen molar-refractivity contribution in [3.63, 3.8) is 0 Å². The first kappa shape index (κ1) is 10.7. The van der Waals surface area contributed by atoms with Gasteiger partial charge in [0.1, 0.15) is 5.92 Å². The van der Waals surface area contributed by atoms with Gasteiger partial charge >= 0.3 is 0 Å². The van der Waals surface area contributed by atoms with E-state index in [1.165, 1.54) is 12.8 Å². The molecule has 0 radical (unpaired) electrons. The molecule has 0 spiro atoms. The molecular formula is C13H14N2O. The molecule has 3 nitrogen and oxygen atoms in total. The standard InChI is InChI=1S/C13H14N2O/c14-8-12(11-4-2-1-3-5-11)13(16)15-9-10-6-7-10/h1-5,10,12H,6-7,9H2,(H,15,16). The fourth-order valence-corrected chi connectivity index (χ4v) is 1.60. The average Bonchev–Trinajstić information content (AvgIpc) is 3.13. The molecule has 2 rings (SSSR count). The van der Waals surface area contributed by atoms with E-state index in [4.69, 9.17) is 5.26 Å². The maximum absolute atomic E-state index is 11.8. The van der Waals surface area contributed by atoms with Gasteiger partial charge in [-0.25, -0.2) is 0 Å². The molecule has 1 amide bonds. The van der Waals surface area contributed by atoms with E-state index >= 15 is 0 Å². The Balaban J connectivity index is 1.98. The second kappa shape index (κ2) is 4.80. The third-order valence-electron chi connectivity index (χ3n) is 2.79. The fourth-order valence-electron chi connectivity index (χ4n) is 1.60. The molecule has 0 aliphatic heterocycles. The Hall–Kier alpha value is -1.82. The molecule has 1 aromatic rings. The highest BCUT2D eigenvalue weighted by molar-refractivity contribution is 5.86. The van der Waals surface area contributed by atoms with Crippen LogP contribution in [-0.4, -0.2) is 12.5 Å². The third kappa shape index (κ3) is 2.60. The Labute approximate surface area is 95.1 Å². The number of nitrogens with zero attached hydrogens (tertiary/aromatic N) is 1. The third-order valence-corrected chi connectivity index (χ3v) is 2.79. The molecule has 1 fully saturated rings. The Morgan fingerprint density at radius 3 is 2.69 bits per heavy atom. The molecule has 1 saturated carbocycles. The molecule has 0 heterocycles. The summed E-state index contributed by atoms with van der Waals surface area (Å²) < 4.78 is 0. The molecule has 0 aromatic heterocycles. The lowest BCUT2D eigenvalue weighted by atomic mass is 10.00. The lowest BCUT2D eigenvalue weighted by molar-refractivity contribution is -0.121. The number of nitriles is 1. The van der Waals surface area contributed by atoms with Crippen molar-refractivity contribution in [1.82, 2.24) is 5.32 Å². The Bertz CT molecular complexity index is 404. The highest BCUT2D eigenvalue weighted by atomic mass is 16.1. The normalized spacial score (nSPS) is 16.2. The SMILES string of the molecule is N#CC(C(=O)NCC1CC1)c1ccccc1.